The molecule has 0 aliphatic carbocycles. The summed E-state index contributed by atoms with van der Waals surface area (Å²) in [4.78, 5) is 6.90. The summed E-state index contributed by atoms with van der Waals surface area (Å²) >= 11 is 0. The summed E-state index contributed by atoms with van der Waals surface area (Å²) in [6, 6.07) is 12.8. The summed E-state index contributed by atoms with van der Waals surface area (Å²) in [7, 11) is 0. The summed E-state index contributed by atoms with van der Waals surface area (Å²) in [5, 5.41) is 3.67. The zero-order valence-corrected chi connectivity index (χ0v) is 13.8. The summed E-state index contributed by atoms with van der Waals surface area (Å²) in [5.41, 5.74) is 2.34. The molecule has 24 heavy (non-hydrogen) atoms. The number of fused-ring (bicyclic) bond motifs is 1. The van der Waals surface area contributed by atoms with E-state index < -0.39 is 0 Å². The van der Waals surface area contributed by atoms with Crippen molar-refractivity contribution >= 4 is 0 Å². The molecule has 4 rings (SSSR count). The van der Waals surface area contributed by atoms with Gasteiger partial charge in [0.25, 0.3) is 0 Å². The molecule has 5 heteroatoms. The van der Waals surface area contributed by atoms with Gasteiger partial charge in [0.15, 0.2) is 11.5 Å². The predicted octanol–water partition coefficient (Wildman–Crippen LogP) is 2.56. The van der Waals surface area contributed by atoms with Crippen molar-refractivity contribution < 1.29 is 9.47 Å². The van der Waals surface area contributed by atoms with Crippen molar-refractivity contribution in [3.05, 3.63) is 53.9 Å². The van der Waals surface area contributed by atoms with E-state index in [2.05, 4.69) is 33.4 Å². The molecule has 1 saturated heterocycles. The quantitative estimate of drug-likeness (QED) is 0.915. The van der Waals surface area contributed by atoms with E-state index >= 15 is 0 Å². The number of likely N-dealkylation sites (tertiary alicyclic amines) is 1. The van der Waals surface area contributed by atoms with E-state index in [0.29, 0.717) is 12.8 Å². The minimum absolute atomic E-state index is 0.332. The first kappa shape index (κ1) is 15.4. The average Bonchev–Trinajstić information content (AvgIpc) is 3.11. The van der Waals surface area contributed by atoms with Gasteiger partial charge in [-0.3, -0.25) is 9.88 Å². The number of nitrogens with one attached hydrogen (secondary N) is 1. The molecular weight excluding hydrogens is 302 g/mol. The largest absolute Gasteiger partial charge is 0.454 e. The highest BCUT2D eigenvalue weighted by atomic mass is 16.7. The Morgan fingerprint density at radius 1 is 1.08 bits per heavy atom. The van der Waals surface area contributed by atoms with Crippen LogP contribution in [0.3, 0.4) is 0 Å². The molecular formula is C19H23N3O2. The van der Waals surface area contributed by atoms with Crippen molar-refractivity contribution in [3.63, 3.8) is 0 Å². The summed E-state index contributed by atoms with van der Waals surface area (Å²) < 4.78 is 11.0. The molecule has 2 aliphatic rings. The van der Waals surface area contributed by atoms with Gasteiger partial charge in [0.05, 0.1) is 5.69 Å². The van der Waals surface area contributed by atoms with Crippen LogP contribution in [0.2, 0.25) is 0 Å². The fraction of sp³-hybridized carbons (Fsp3) is 0.421. The molecule has 0 radical (unpaired) electrons. The second-order valence-corrected chi connectivity index (χ2v) is 6.40. The van der Waals surface area contributed by atoms with Crippen LogP contribution in [-0.4, -0.2) is 35.8 Å². The van der Waals surface area contributed by atoms with Gasteiger partial charge in [-0.1, -0.05) is 18.2 Å². The molecule has 1 fully saturated rings. The van der Waals surface area contributed by atoms with E-state index in [-0.39, 0.29) is 0 Å². The van der Waals surface area contributed by atoms with E-state index in [1.165, 1.54) is 18.4 Å². The number of hydrogen-bond acceptors (Lipinski definition) is 5. The van der Waals surface area contributed by atoms with Gasteiger partial charge in [-0.15, -0.1) is 0 Å². The molecule has 0 unspecified atom stereocenters. The molecule has 2 aromatic rings. The lowest BCUT2D eigenvalue weighted by atomic mass is 10.0. The van der Waals surface area contributed by atoms with E-state index in [1.807, 2.05) is 24.4 Å². The van der Waals surface area contributed by atoms with Crippen molar-refractivity contribution in [2.24, 2.45) is 0 Å². The Morgan fingerprint density at radius 2 is 2.00 bits per heavy atom. The summed E-state index contributed by atoms with van der Waals surface area (Å²) in [6.45, 7) is 4.34. The first-order chi connectivity index (χ1) is 11.9. The topological polar surface area (TPSA) is 46.6 Å². The first-order valence-electron chi connectivity index (χ1n) is 8.61. The van der Waals surface area contributed by atoms with Gasteiger partial charge in [0.2, 0.25) is 6.79 Å². The van der Waals surface area contributed by atoms with Gasteiger partial charge in [-0.25, -0.2) is 0 Å². The normalized spacial score (nSPS) is 18.0. The van der Waals surface area contributed by atoms with Gasteiger partial charge >= 0.3 is 0 Å². The van der Waals surface area contributed by atoms with Gasteiger partial charge < -0.3 is 14.8 Å². The Bertz CT molecular complexity index is 670. The Kier molecular flexibility index (Phi) is 4.62. The van der Waals surface area contributed by atoms with Crippen molar-refractivity contribution in [1.29, 1.82) is 0 Å². The molecule has 0 saturated carbocycles. The molecule has 3 heterocycles. The van der Waals surface area contributed by atoms with E-state index in [0.717, 1.165) is 43.4 Å². The van der Waals surface area contributed by atoms with Gasteiger partial charge in [0, 0.05) is 44.0 Å². The SMILES string of the molecule is c1ccc(CN2CCC(NCc3cccc4c3OCO4)CC2)nc1. The van der Waals surface area contributed by atoms with Gasteiger partial charge in [-0.2, -0.15) is 0 Å². The fourth-order valence-corrected chi connectivity index (χ4v) is 3.40. The maximum atomic E-state index is 5.58. The van der Waals surface area contributed by atoms with E-state index in [1.54, 1.807) is 0 Å². The van der Waals surface area contributed by atoms with Crippen LogP contribution in [0.4, 0.5) is 0 Å². The number of piperidine rings is 1. The number of hydrogen-bond donors (Lipinski definition) is 1. The summed E-state index contributed by atoms with van der Waals surface area (Å²) in [5.74, 6) is 1.76. The van der Waals surface area contributed by atoms with Crippen LogP contribution in [0.25, 0.3) is 0 Å². The molecule has 1 aromatic heterocycles. The number of pyridine rings is 1. The standard InChI is InChI=1S/C19H23N3O2/c1-2-9-20-17(5-1)13-22-10-7-16(8-11-22)21-12-15-4-3-6-18-19(15)24-14-23-18/h1-6,9,16,21H,7-8,10-14H2. The number of aromatic nitrogens is 1. The maximum Gasteiger partial charge on any atom is 0.231 e. The van der Waals surface area contributed by atoms with Crippen molar-refractivity contribution in [2.75, 3.05) is 19.9 Å². The Labute approximate surface area is 142 Å². The number of nitrogens with zero attached hydrogens (tertiary/aromatic N) is 2. The molecule has 5 nitrogen and oxygen atoms in total. The van der Waals surface area contributed by atoms with Crippen LogP contribution < -0.4 is 14.8 Å². The molecule has 0 bridgehead atoms. The minimum Gasteiger partial charge on any atom is -0.454 e. The van der Waals surface area contributed by atoms with Crippen LogP contribution in [0.5, 0.6) is 11.5 Å². The van der Waals surface area contributed by atoms with Crippen molar-refractivity contribution in [1.82, 2.24) is 15.2 Å². The molecule has 1 N–H and O–H groups in total. The van der Waals surface area contributed by atoms with Crippen LogP contribution in [-0.2, 0) is 13.1 Å². The zero-order valence-electron chi connectivity index (χ0n) is 13.8. The third kappa shape index (κ3) is 3.52. The van der Waals surface area contributed by atoms with Crippen LogP contribution in [0.1, 0.15) is 24.1 Å². The monoisotopic (exact) mass is 325 g/mol. The first-order valence-corrected chi connectivity index (χ1v) is 8.61. The molecule has 1 aromatic carbocycles. The van der Waals surface area contributed by atoms with Crippen molar-refractivity contribution in [2.45, 2.75) is 32.0 Å². The van der Waals surface area contributed by atoms with Crippen LogP contribution in [0, 0.1) is 0 Å². The fourth-order valence-electron chi connectivity index (χ4n) is 3.40. The number of benzene rings is 1. The second-order valence-electron chi connectivity index (χ2n) is 6.40. The Hall–Kier alpha value is -2.11. The van der Waals surface area contributed by atoms with E-state index in [4.69, 9.17) is 9.47 Å². The Balaban J connectivity index is 1.26. The highest BCUT2D eigenvalue weighted by molar-refractivity contribution is 5.48. The number of para-hydroxylation sites is 1. The third-order valence-corrected chi connectivity index (χ3v) is 4.76. The van der Waals surface area contributed by atoms with Crippen LogP contribution >= 0.6 is 0 Å². The lowest BCUT2D eigenvalue weighted by Crippen LogP contribution is -2.42. The lowest BCUT2D eigenvalue weighted by molar-refractivity contribution is 0.172. The predicted molar refractivity (Wildman–Crippen MR) is 91.9 cm³/mol. The smallest absolute Gasteiger partial charge is 0.231 e. The van der Waals surface area contributed by atoms with Crippen molar-refractivity contribution in [3.8, 4) is 11.5 Å². The number of rotatable bonds is 5. The minimum atomic E-state index is 0.332. The lowest BCUT2D eigenvalue weighted by Gasteiger charge is -2.32. The third-order valence-electron chi connectivity index (χ3n) is 4.76. The molecule has 126 valence electrons. The Morgan fingerprint density at radius 3 is 2.83 bits per heavy atom. The highest BCUT2D eigenvalue weighted by Gasteiger charge is 2.21. The number of ether oxygens (including phenoxy) is 2. The average molecular weight is 325 g/mol. The van der Waals surface area contributed by atoms with Crippen LogP contribution in [0.15, 0.2) is 42.6 Å². The maximum absolute atomic E-state index is 5.58. The molecule has 0 spiro atoms. The molecule has 2 aliphatic heterocycles. The van der Waals surface area contributed by atoms with Gasteiger partial charge in [-0.05, 0) is 31.0 Å². The van der Waals surface area contributed by atoms with Gasteiger partial charge in [0.1, 0.15) is 0 Å². The molecule has 0 atom stereocenters. The van der Waals surface area contributed by atoms with E-state index in [9.17, 15) is 0 Å². The zero-order chi connectivity index (χ0) is 16.2. The summed E-state index contributed by atoms with van der Waals surface area (Å²) in [6.07, 6.45) is 4.20. The highest BCUT2D eigenvalue weighted by Crippen LogP contribution is 2.35. The molecule has 0 amide bonds. The second kappa shape index (κ2) is 7.20.